The fourth-order valence-electron chi connectivity index (χ4n) is 1.98. The topological polar surface area (TPSA) is 66.8 Å². The number of ether oxygens (including phenoxy) is 1. The van der Waals surface area contributed by atoms with E-state index < -0.39 is 5.97 Å². The Morgan fingerprint density at radius 3 is 2.50 bits per heavy atom. The molecule has 0 saturated carbocycles. The summed E-state index contributed by atoms with van der Waals surface area (Å²) in [7, 11) is 1.65. The third-order valence-electron chi connectivity index (χ3n) is 3.42. The van der Waals surface area contributed by atoms with Gasteiger partial charge in [0.25, 0.3) is 0 Å². The van der Waals surface area contributed by atoms with Gasteiger partial charge in [0.1, 0.15) is 5.75 Å². The van der Waals surface area contributed by atoms with E-state index in [0.717, 1.165) is 5.56 Å². The van der Waals surface area contributed by atoms with Crippen molar-refractivity contribution < 1.29 is 52.1 Å². The first-order valence-electron chi connectivity index (χ1n) is 7.11. The summed E-state index contributed by atoms with van der Waals surface area (Å²) in [5.41, 5.74) is 1.78. The number of hydrogen-bond donors (Lipinski definition) is 1. The summed E-state index contributed by atoms with van der Waals surface area (Å²) >= 11 is 0. The molecule has 0 aliphatic rings. The number of carboxylic acid groups (broad SMARTS) is 1. The zero-order chi connectivity index (χ0) is 17.0. The van der Waals surface area contributed by atoms with Crippen LogP contribution in [0.3, 0.4) is 0 Å². The van der Waals surface area contributed by atoms with E-state index in [0.29, 0.717) is 17.1 Å². The average molecular weight is 401 g/mol. The van der Waals surface area contributed by atoms with E-state index >= 15 is 0 Å². The molecule has 1 radical (unpaired) electrons. The summed E-state index contributed by atoms with van der Waals surface area (Å²) in [6.45, 7) is 3.65. The van der Waals surface area contributed by atoms with Crippen molar-refractivity contribution in [2.45, 2.75) is 20.4 Å². The van der Waals surface area contributed by atoms with Crippen LogP contribution in [-0.4, -0.2) is 28.9 Å². The maximum atomic E-state index is 11.4. The summed E-state index contributed by atoms with van der Waals surface area (Å²) in [5, 5.41) is 9.14. The number of hydrogen-bond acceptors (Lipinski definition) is 3. The van der Waals surface area contributed by atoms with Gasteiger partial charge in [0.15, 0.2) is 0 Å². The van der Waals surface area contributed by atoms with Crippen LogP contribution < -0.4 is 4.74 Å². The van der Waals surface area contributed by atoms with Gasteiger partial charge < -0.3 is 14.7 Å². The molecule has 0 aliphatic carbocycles. The largest absolute Gasteiger partial charge is 0.516 e. The molecule has 123 valence electrons. The summed E-state index contributed by atoms with van der Waals surface area (Å²) in [4.78, 5) is 24.1. The van der Waals surface area contributed by atoms with Gasteiger partial charge in [-0.15, -0.1) is 12.1 Å². The van der Waals surface area contributed by atoms with Crippen molar-refractivity contribution in [1.29, 1.82) is 0 Å². The van der Waals surface area contributed by atoms with Gasteiger partial charge in [0, 0.05) is 64.5 Å². The molecule has 0 aliphatic heterocycles. The Hall–Kier alpha value is -1.72. The van der Waals surface area contributed by atoms with Crippen LogP contribution in [0.1, 0.15) is 28.4 Å². The van der Waals surface area contributed by atoms with Crippen molar-refractivity contribution in [3.63, 3.8) is 0 Å². The molecule has 2 aromatic carbocycles. The molecular weight excluding hydrogens is 383 g/mol. The number of carbonyl (C=O) groups excluding carboxylic acids is 1. The van der Waals surface area contributed by atoms with Gasteiger partial charge in [-0.25, -0.2) is 4.79 Å². The van der Waals surface area contributed by atoms with Crippen LogP contribution in [0.2, 0.25) is 0 Å². The number of rotatable bonds is 5. The van der Waals surface area contributed by atoms with Crippen LogP contribution in [0, 0.1) is 13.0 Å². The van der Waals surface area contributed by atoms with Gasteiger partial charge >= 0.3 is 5.97 Å². The van der Waals surface area contributed by atoms with Gasteiger partial charge in [-0.1, -0.05) is 6.92 Å². The van der Waals surface area contributed by atoms with Crippen molar-refractivity contribution in [2.75, 3.05) is 7.05 Å². The van der Waals surface area contributed by atoms with E-state index in [-0.39, 0.29) is 50.7 Å². The Kier molecular flexibility index (Phi) is 7.58. The molecule has 0 atom stereocenters. The van der Waals surface area contributed by atoms with Crippen LogP contribution in [0.25, 0.3) is 0 Å². The van der Waals surface area contributed by atoms with E-state index in [4.69, 9.17) is 9.84 Å². The number of carboxylic acids is 1. The van der Waals surface area contributed by atoms with E-state index in [1.54, 1.807) is 19.2 Å². The first kappa shape index (κ1) is 20.3. The Balaban J connectivity index is 0.00000288. The Labute approximate surface area is 166 Å². The number of aromatic carboxylic acids is 1. The molecule has 0 bridgehead atoms. The molecule has 6 heteroatoms. The molecule has 0 spiro atoms. The van der Waals surface area contributed by atoms with Crippen molar-refractivity contribution in [1.82, 2.24) is 4.90 Å². The third-order valence-corrected chi connectivity index (χ3v) is 3.42. The summed E-state index contributed by atoms with van der Waals surface area (Å²) in [6.07, 6.45) is 0. The normalized spacial score (nSPS) is 9.79. The number of aryl methyl sites for hydroxylation is 1. The van der Waals surface area contributed by atoms with Crippen LogP contribution in [0.4, 0.5) is 0 Å². The SMILES string of the molecule is CC(=O)N(C)Cc1cc(C(=O)O)ccc1Oc1c[c-]c(C)cc1.[Y]. The zero-order valence-corrected chi connectivity index (χ0v) is 16.7. The molecule has 1 N–H and O–H groups in total. The van der Waals surface area contributed by atoms with Gasteiger partial charge in [-0.2, -0.15) is 17.7 Å². The number of nitrogens with zero attached hydrogens (tertiary/aromatic N) is 1. The fourth-order valence-corrected chi connectivity index (χ4v) is 1.98. The van der Waals surface area contributed by atoms with Gasteiger partial charge in [0.2, 0.25) is 5.91 Å². The monoisotopic (exact) mass is 401 g/mol. The first-order chi connectivity index (χ1) is 10.9. The first-order valence-corrected chi connectivity index (χ1v) is 7.11. The zero-order valence-electron chi connectivity index (χ0n) is 13.9. The quantitative estimate of drug-likeness (QED) is 0.782. The molecule has 0 aromatic heterocycles. The Bertz CT molecular complexity index is 728. The molecule has 0 unspecified atom stereocenters. The van der Waals surface area contributed by atoms with Gasteiger partial charge in [0.05, 0.1) is 5.56 Å². The fraction of sp³-hybridized carbons (Fsp3) is 0.222. The second-order valence-corrected chi connectivity index (χ2v) is 5.31. The van der Waals surface area contributed by atoms with E-state index in [1.807, 2.05) is 19.1 Å². The number of benzene rings is 2. The molecular formula is C18H18NO4Y-. The van der Waals surface area contributed by atoms with Crippen molar-refractivity contribution >= 4 is 11.9 Å². The average Bonchev–Trinajstić information content (AvgIpc) is 2.50. The second-order valence-electron chi connectivity index (χ2n) is 5.31. The molecule has 0 heterocycles. The van der Waals surface area contributed by atoms with Gasteiger partial charge in [-0.3, -0.25) is 4.79 Å². The second kappa shape index (κ2) is 8.95. The van der Waals surface area contributed by atoms with E-state index in [1.165, 1.54) is 24.0 Å². The third kappa shape index (κ3) is 5.43. The van der Waals surface area contributed by atoms with E-state index in [9.17, 15) is 9.59 Å². The van der Waals surface area contributed by atoms with E-state index in [2.05, 4.69) is 6.07 Å². The maximum absolute atomic E-state index is 11.4. The number of carbonyl (C=O) groups is 2. The number of amides is 1. The molecule has 5 nitrogen and oxygen atoms in total. The summed E-state index contributed by atoms with van der Waals surface area (Å²) < 4.78 is 5.82. The Morgan fingerprint density at radius 2 is 1.96 bits per heavy atom. The Morgan fingerprint density at radius 1 is 1.25 bits per heavy atom. The molecule has 0 saturated heterocycles. The van der Waals surface area contributed by atoms with Gasteiger partial charge in [-0.05, 0) is 18.2 Å². The molecule has 0 fully saturated rings. The minimum Gasteiger partial charge on any atom is -0.516 e. The predicted molar refractivity (Wildman–Crippen MR) is 85.6 cm³/mol. The van der Waals surface area contributed by atoms with Crippen molar-refractivity contribution in [3.8, 4) is 11.5 Å². The smallest absolute Gasteiger partial charge is 0.335 e. The van der Waals surface area contributed by atoms with Crippen LogP contribution in [0.5, 0.6) is 11.5 Å². The standard InChI is InChI=1S/C18H18NO4.Y/c1-12-4-7-16(8-5-12)23-17-9-6-14(18(21)22)10-15(17)11-19(3)13(2)20;/h4,6-10H,11H2,1-3H3,(H,21,22);/q-1;. The maximum Gasteiger partial charge on any atom is 0.335 e. The molecule has 1 amide bonds. The van der Waals surface area contributed by atoms with Crippen LogP contribution >= 0.6 is 0 Å². The minimum atomic E-state index is -1.02. The summed E-state index contributed by atoms with van der Waals surface area (Å²) in [6, 6.07) is 13.1. The molecule has 2 aromatic rings. The predicted octanol–water partition coefficient (Wildman–Crippen LogP) is 3.26. The van der Waals surface area contributed by atoms with Crippen molar-refractivity contribution in [3.05, 3.63) is 59.2 Å². The van der Waals surface area contributed by atoms with Crippen LogP contribution in [0.15, 0.2) is 36.4 Å². The minimum absolute atomic E-state index is 0. The van der Waals surface area contributed by atoms with Crippen molar-refractivity contribution in [2.24, 2.45) is 0 Å². The van der Waals surface area contributed by atoms with Crippen LogP contribution in [-0.2, 0) is 44.0 Å². The summed E-state index contributed by atoms with van der Waals surface area (Å²) in [5.74, 6) is -0.0157. The molecule has 2 rings (SSSR count). The molecule has 24 heavy (non-hydrogen) atoms.